The third-order valence-electron chi connectivity index (χ3n) is 7.53. The Kier molecular flexibility index (Phi) is 5.03. The number of hydrogen-bond donors (Lipinski definition) is 0. The van der Waals surface area contributed by atoms with Gasteiger partial charge in [0.2, 0.25) is 0 Å². The molecule has 0 saturated heterocycles. The standard InChI is InChI=1S/C36H26/c1-2-11-27(12-3-1)35-31-14-6-8-16-33(31)36(34-17-9-7-15-32(34)35)28-21-18-26(19-22-28)30-23-20-25-10-4-5-13-29(25)24-30/h1-8,10-16,18-24H,9,17H2. The van der Waals surface area contributed by atoms with Crippen LogP contribution in [0.3, 0.4) is 0 Å². The summed E-state index contributed by atoms with van der Waals surface area (Å²) in [6, 6.07) is 44.3. The maximum absolute atomic E-state index is 2.35. The fourth-order valence-corrected chi connectivity index (χ4v) is 5.83. The van der Waals surface area contributed by atoms with Crippen molar-refractivity contribution in [1.29, 1.82) is 0 Å². The van der Waals surface area contributed by atoms with Crippen LogP contribution in [0.15, 0.2) is 127 Å². The summed E-state index contributed by atoms with van der Waals surface area (Å²) in [5, 5.41) is 5.22. The summed E-state index contributed by atoms with van der Waals surface area (Å²) in [5.41, 5.74) is 10.7. The van der Waals surface area contributed by atoms with E-state index in [1.807, 2.05) is 0 Å². The molecule has 0 heterocycles. The lowest BCUT2D eigenvalue weighted by atomic mass is 9.80. The van der Waals surface area contributed by atoms with Gasteiger partial charge in [0.1, 0.15) is 0 Å². The predicted octanol–water partition coefficient (Wildman–Crippen LogP) is 9.95. The van der Waals surface area contributed by atoms with E-state index in [0.717, 1.165) is 12.8 Å². The molecule has 0 radical (unpaired) electrons. The number of fused-ring (bicyclic) bond motifs is 3. The molecule has 0 fully saturated rings. The molecule has 170 valence electrons. The minimum atomic E-state index is 1.07. The number of benzene rings is 6. The zero-order valence-electron chi connectivity index (χ0n) is 20.1. The second kappa shape index (κ2) is 8.66. The fraction of sp³-hybridized carbons (Fsp3) is 0.0556. The second-order valence-electron chi connectivity index (χ2n) is 9.63. The van der Waals surface area contributed by atoms with Crippen LogP contribution in [-0.4, -0.2) is 0 Å². The Morgan fingerprint density at radius 3 is 1.86 bits per heavy atom. The highest BCUT2D eigenvalue weighted by Gasteiger charge is 2.21. The summed E-state index contributed by atoms with van der Waals surface area (Å²) < 4.78 is 0. The molecular weight excluding hydrogens is 432 g/mol. The van der Waals surface area contributed by atoms with Crippen molar-refractivity contribution in [3.8, 4) is 33.4 Å². The molecular formula is C36H26. The highest BCUT2D eigenvalue weighted by atomic mass is 14.2. The average molecular weight is 459 g/mol. The predicted molar refractivity (Wildman–Crippen MR) is 155 cm³/mol. The number of allylic oxidation sites excluding steroid dienone is 1. The topological polar surface area (TPSA) is 0 Å². The molecule has 36 heavy (non-hydrogen) atoms. The maximum Gasteiger partial charge on any atom is -0.00297 e. The number of hydrogen-bond acceptors (Lipinski definition) is 0. The Balaban J connectivity index is 1.42. The van der Waals surface area contributed by atoms with Crippen LogP contribution in [-0.2, 0) is 6.42 Å². The third-order valence-corrected chi connectivity index (χ3v) is 7.53. The lowest BCUT2D eigenvalue weighted by molar-refractivity contribution is 0.991. The van der Waals surface area contributed by atoms with Crippen molar-refractivity contribution in [3.63, 3.8) is 0 Å². The van der Waals surface area contributed by atoms with Crippen LogP contribution < -0.4 is 0 Å². The summed E-state index contributed by atoms with van der Waals surface area (Å²) in [6.45, 7) is 0. The van der Waals surface area contributed by atoms with Gasteiger partial charge < -0.3 is 0 Å². The van der Waals surface area contributed by atoms with Gasteiger partial charge in [-0.3, -0.25) is 0 Å². The molecule has 0 bridgehead atoms. The Labute approximate surface area is 212 Å². The SMILES string of the molecule is C1=Cc2c(c(-c3ccc(-c4ccc5ccccc5c4)cc3)c3ccccc3c2-c2ccccc2)CC1. The first-order valence-corrected chi connectivity index (χ1v) is 12.8. The maximum atomic E-state index is 2.35. The summed E-state index contributed by atoms with van der Waals surface area (Å²) in [5.74, 6) is 0. The quantitative estimate of drug-likeness (QED) is 0.247. The van der Waals surface area contributed by atoms with Gasteiger partial charge in [-0.25, -0.2) is 0 Å². The largest absolute Gasteiger partial charge is 0.0836 e. The van der Waals surface area contributed by atoms with Gasteiger partial charge in [0.05, 0.1) is 0 Å². The van der Waals surface area contributed by atoms with Gasteiger partial charge in [0, 0.05) is 0 Å². The lowest BCUT2D eigenvalue weighted by Crippen LogP contribution is -2.02. The van der Waals surface area contributed by atoms with E-state index in [2.05, 4.69) is 133 Å². The van der Waals surface area contributed by atoms with Gasteiger partial charge in [-0.2, -0.15) is 0 Å². The molecule has 0 heteroatoms. The monoisotopic (exact) mass is 458 g/mol. The van der Waals surface area contributed by atoms with Crippen LogP contribution in [0.5, 0.6) is 0 Å². The highest BCUT2D eigenvalue weighted by molar-refractivity contribution is 6.10. The molecule has 1 aliphatic carbocycles. The van der Waals surface area contributed by atoms with E-state index in [1.54, 1.807) is 0 Å². The van der Waals surface area contributed by atoms with E-state index in [1.165, 1.54) is 66.1 Å². The molecule has 7 rings (SSSR count). The zero-order chi connectivity index (χ0) is 23.9. The van der Waals surface area contributed by atoms with E-state index in [-0.39, 0.29) is 0 Å². The Bertz CT molecular complexity index is 1750. The Morgan fingerprint density at radius 1 is 0.444 bits per heavy atom. The van der Waals surface area contributed by atoms with Gasteiger partial charge in [-0.1, -0.05) is 127 Å². The van der Waals surface area contributed by atoms with Crippen molar-refractivity contribution < 1.29 is 0 Å². The van der Waals surface area contributed by atoms with E-state index < -0.39 is 0 Å². The smallest absolute Gasteiger partial charge is 0.00297 e. The minimum Gasteiger partial charge on any atom is -0.0836 e. The Hall–Kier alpha value is -4.42. The van der Waals surface area contributed by atoms with Crippen molar-refractivity contribution in [2.24, 2.45) is 0 Å². The second-order valence-corrected chi connectivity index (χ2v) is 9.63. The van der Waals surface area contributed by atoms with Crippen LogP contribution in [0.25, 0.3) is 61.0 Å². The van der Waals surface area contributed by atoms with E-state index in [4.69, 9.17) is 0 Å². The third kappa shape index (κ3) is 3.46. The molecule has 0 spiro atoms. The van der Waals surface area contributed by atoms with Gasteiger partial charge in [0.25, 0.3) is 0 Å². The van der Waals surface area contributed by atoms with Gasteiger partial charge in [-0.15, -0.1) is 0 Å². The first-order valence-electron chi connectivity index (χ1n) is 12.8. The van der Waals surface area contributed by atoms with Crippen LogP contribution in [0, 0.1) is 0 Å². The van der Waals surface area contributed by atoms with Crippen molar-refractivity contribution in [2.45, 2.75) is 12.8 Å². The Morgan fingerprint density at radius 2 is 1.06 bits per heavy atom. The summed E-state index contributed by atoms with van der Waals surface area (Å²) in [4.78, 5) is 0. The van der Waals surface area contributed by atoms with Gasteiger partial charge in [0.15, 0.2) is 0 Å². The number of rotatable bonds is 3. The molecule has 0 saturated carbocycles. The zero-order valence-corrected chi connectivity index (χ0v) is 20.1. The molecule has 6 aromatic rings. The van der Waals surface area contributed by atoms with Crippen LogP contribution >= 0.6 is 0 Å². The molecule has 0 atom stereocenters. The van der Waals surface area contributed by atoms with Crippen molar-refractivity contribution >= 4 is 27.6 Å². The van der Waals surface area contributed by atoms with Gasteiger partial charge in [-0.05, 0) is 85.0 Å². The molecule has 1 aliphatic rings. The highest BCUT2D eigenvalue weighted by Crippen LogP contribution is 2.44. The van der Waals surface area contributed by atoms with Crippen molar-refractivity contribution in [2.75, 3.05) is 0 Å². The summed E-state index contributed by atoms with van der Waals surface area (Å²) >= 11 is 0. The first kappa shape index (κ1) is 20.9. The van der Waals surface area contributed by atoms with Crippen LogP contribution in [0.1, 0.15) is 17.5 Å². The van der Waals surface area contributed by atoms with Crippen LogP contribution in [0.2, 0.25) is 0 Å². The molecule has 0 nitrogen and oxygen atoms in total. The van der Waals surface area contributed by atoms with Crippen LogP contribution in [0.4, 0.5) is 0 Å². The summed E-state index contributed by atoms with van der Waals surface area (Å²) in [7, 11) is 0. The summed E-state index contributed by atoms with van der Waals surface area (Å²) in [6.07, 6.45) is 6.83. The fourth-order valence-electron chi connectivity index (χ4n) is 5.83. The van der Waals surface area contributed by atoms with Crippen molar-refractivity contribution in [1.82, 2.24) is 0 Å². The normalized spacial score (nSPS) is 12.7. The first-order chi connectivity index (χ1) is 17.9. The van der Waals surface area contributed by atoms with E-state index >= 15 is 0 Å². The lowest BCUT2D eigenvalue weighted by Gasteiger charge is -2.23. The molecule has 0 aliphatic heterocycles. The molecule has 6 aromatic carbocycles. The van der Waals surface area contributed by atoms with E-state index in [0.29, 0.717) is 0 Å². The molecule has 0 N–H and O–H groups in total. The van der Waals surface area contributed by atoms with Gasteiger partial charge >= 0.3 is 0 Å². The average Bonchev–Trinajstić information content (AvgIpc) is 2.96. The molecule has 0 amide bonds. The van der Waals surface area contributed by atoms with Crippen molar-refractivity contribution in [3.05, 3.63) is 139 Å². The molecule has 0 aromatic heterocycles. The minimum absolute atomic E-state index is 1.07. The molecule has 0 unspecified atom stereocenters. The van der Waals surface area contributed by atoms with E-state index in [9.17, 15) is 0 Å².